The second kappa shape index (κ2) is 6.47. The van der Waals surface area contributed by atoms with E-state index < -0.39 is 5.97 Å². The van der Waals surface area contributed by atoms with Gasteiger partial charge in [-0.2, -0.15) is 0 Å². The molecule has 4 nitrogen and oxygen atoms in total. The van der Waals surface area contributed by atoms with E-state index in [1.807, 2.05) is 6.07 Å². The summed E-state index contributed by atoms with van der Waals surface area (Å²) in [5, 5.41) is 3.13. The van der Waals surface area contributed by atoms with Crippen LogP contribution in [0.4, 0.5) is 0 Å². The molecule has 0 aromatic heterocycles. The fourth-order valence-corrected chi connectivity index (χ4v) is 5.93. The van der Waals surface area contributed by atoms with Gasteiger partial charge in [-0.15, -0.1) is 0 Å². The number of carbonyl (C=O) groups excluding carboxylic acids is 2. The minimum absolute atomic E-state index is 0.156. The molecule has 25 heavy (non-hydrogen) atoms. The van der Waals surface area contributed by atoms with Gasteiger partial charge in [0.2, 0.25) is 0 Å². The molecule has 0 heterocycles. The zero-order chi connectivity index (χ0) is 17.4. The maximum atomic E-state index is 12.3. The quantitative estimate of drug-likeness (QED) is 0.833. The number of hydrogen-bond acceptors (Lipinski definition) is 3. The Kier molecular flexibility index (Phi) is 4.30. The zero-order valence-corrected chi connectivity index (χ0v) is 14.9. The first kappa shape index (κ1) is 16.6. The molecule has 5 rings (SSSR count). The Hall–Kier alpha value is -1.84. The average molecular weight is 341 g/mol. The van der Waals surface area contributed by atoms with Crippen molar-refractivity contribution in [3.05, 3.63) is 35.9 Å². The van der Waals surface area contributed by atoms with Crippen LogP contribution < -0.4 is 5.32 Å². The maximum Gasteiger partial charge on any atom is 0.338 e. The molecule has 0 radical (unpaired) electrons. The van der Waals surface area contributed by atoms with Crippen LogP contribution in [0.15, 0.2) is 30.3 Å². The van der Waals surface area contributed by atoms with Gasteiger partial charge in [0.1, 0.15) is 0 Å². The van der Waals surface area contributed by atoms with Crippen molar-refractivity contribution in [2.24, 2.45) is 23.2 Å². The number of ether oxygens (including phenoxy) is 1. The first-order valence-electron chi connectivity index (χ1n) is 9.55. The van der Waals surface area contributed by atoms with Crippen LogP contribution in [-0.2, 0) is 9.53 Å². The lowest BCUT2D eigenvalue weighted by atomic mass is 9.48. The van der Waals surface area contributed by atoms with Crippen molar-refractivity contribution >= 4 is 11.9 Å². The molecule has 134 valence electrons. The lowest BCUT2D eigenvalue weighted by Gasteiger charge is -2.59. The van der Waals surface area contributed by atoms with Crippen LogP contribution in [-0.4, -0.2) is 24.5 Å². The Balaban J connectivity index is 1.31. The summed E-state index contributed by atoms with van der Waals surface area (Å²) < 4.78 is 5.16. The van der Waals surface area contributed by atoms with Gasteiger partial charge in [0.25, 0.3) is 5.91 Å². The van der Waals surface area contributed by atoms with Crippen LogP contribution in [0.5, 0.6) is 0 Å². The summed E-state index contributed by atoms with van der Waals surface area (Å²) in [6.07, 6.45) is 7.95. The third-order valence-electron chi connectivity index (χ3n) is 6.73. The van der Waals surface area contributed by atoms with Crippen LogP contribution in [0.3, 0.4) is 0 Å². The first-order chi connectivity index (χ1) is 12.0. The molecule has 4 fully saturated rings. The third kappa shape index (κ3) is 3.31. The summed E-state index contributed by atoms with van der Waals surface area (Å²) >= 11 is 0. The van der Waals surface area contributed by atoms with E-state index in [0.717, 1.165) is 17.8 Å². The van der Waals surface area contributed by atoms with Crippen molar-refractivity contribution < 1.29 is 14.3 Å². The van der Waals surface area contributed by atoms with E-state index in [2.05, 4.69) is 12.2 Å². The molecule has 1 atom stereocenters. The van der Waals surface area contributed by atoms with E-state index >= 15 is 0 Å². The Morgan fingerprint density at radius 1 is 1.08 bits per heavy atom. The molecule has 1 aromatic carbocycles. The van der Waals surface area contributed by atoms with E-state index in [-0.39, 0.29) is 24.0 Å². The molecular weight excluding hydrogens is 314 g/mol. The second-order valence-electron chi connectivity index (χ2n) is 8.51. The molecule has 4 saturated carbocycles. The number of amides is 1. The molecular formula is C21H27NO3. The number of rotatable bonds is 5. The van der Waals surface area contributed by atoms with Gasteiger partial charge < -0.3 is 10.1 Å². The van der Waals surface area contributed by atoms with Gasteiger partial charge >= 0.3 is 5.97 Å². The molecule has 1 aromatic rings. The SMILES string of the molecule is CC(NC(=O)COC(=O)c1ccccc1)C12CC3CC(CC(C3)C1)C2. The van der Waals surface area contributed by atoms with Gasteiger partial charge in [-0.1, -0.05) is 18.2 Å². The van der Waals surface area contributed by atoms with Crippen LogP contribution in [0, 0.1) is 23.2 Å². The molecule has 1 N–H and O–H groups in total. The fourth-order valence-electron chi connectivity index (χ4n) is 5.93. The number of esters is 1. The van der Waals surface area contributed by atoms with Crippen molar-refractivity contribution in [1.29, 1.82) is 0 Å². The third-order valence-corrected chi connectivity index (χ3v) is 6.73. The highest BCUT2D eigenvalue weighted by Gasteiger charge is 2.53. The highest BCUT2D eigenvalue weighted by atomic mass is 16.5. The van der Waals surface area contributed by atoms with E-state index in [0.29, 0.717) is 5.56 Å². The molecule has 1 unspecified atom stereocenters. The smallest absolute Gasteiger partial charge is 0.338 e. The average Bonchev–Trinajstić information content (AvgIpc) is 2.59. The van der Waals surface area contributed by atoms with Gasteiger partial charge in [-0.3, -0.25) is 4.79 Å². The molecule has 0 spiro atoms. The molecule has 4 heteroatoms. The van der Waals surface area contributed by atoms with Crippen LogP contribution >= 0.6 is 0 Å². The summed E-state index contributed by atoms with van der Waals surface area (Å²) in [6, 6.07) is 8.95. The van der Waals surface area contributed by atoms with E-state index in [1.165, 1.54) is 38.5 Å². The van der Waals surface area contributed by atoms with Gasteiger partial charge in [-0.25, -0.2) is 4.79 Å². The van der Waals surface area contributed by atoms with Crippen LogP contribution in [0.25, 0.3) is 0 Å². The number of nitrogens with one attached hydrogen (secondary N) is 1. The lowest BCUT2D eigenvalue weighted by molar-refractivity contribution is -0.128. The maximum absolute atomic E-state index is 12.3. The Morgan fingerprint density at radius 2 is 1.64 bits per heavy atom. The Bertz CT molecular complexity index is 619. The first-order valence-corrected chi connectivity index (χ1v) is 9.55. The topological polar surface area (TPSA) is 55.4 Å². The highest BCUT2D eigenvalue weighted by molar-refractivity contribution is 5.91. The number of benzene rings is 1. The summed E-state index contributed by atoms with van der Waals surface area (Å²) in [5.74, 6) is 1.95. The lowest BCUT2D eigenvalue weighted by Crippen LogP contribution is -2.56. The van der Waals surface area contributed by atoms with Crippen molar-refractivity contribution in [2.45, 2.75) is 51.5 Å². The fraction of sp³-hybridized carbons (Fsp3) is 0.619. The van der Waals surface area contributed by atoms with E-state index in [9.17, 15) is 9.59 Å². The van der Waals surface area contributed by atoms with Crippen molar-refractivity contribution in [3.63, 3.8) is 0 Å². The number of hydrogen-bond donors (Lipinski definition) is 1. The zero-order valence-electron chi connectivity index (χ0n) is 14.9. The normalized spacial score (nSPS) is 33.7. The van der Waals surface area contributed by atoms with Gasteiger partial charge in [-0.05, 0) is 80.8 Å². The van der Waals surface area contributed by atoms with E-state index in [1.54, 1.807) is 24.3 Å². The minimum atomic E-state index is -0.446. The predicted octanol–water partition coefficient (Wildman–Crippen LogP) is 3.56. The van der Waals surface area contributed by atoms with E-state index in [4.69, 9.17) is 4.74 Å². The van der Waals surface area contributed by atoms with Crippen molar-refractivity contribution in [2.75, 3.05) is 6.61 Å². The largest absolute Gasteiger partial charge is 0.452 e. The second-order valence-corrected chi connectivity index (χ2v) is 8.51. The number of carbonyl (C=O) groups is 2. The van der Waals surface area contributed by atoms with Crippen molar-refractivity contribution in [3.8, 4) is 0 Å². The molecule has 4 aliphatic rings. The van der Waals surface area contributed by atoms with Crippen LogP contribution in [0.2, 0.25) is 0 Å². The van der Waals surface area contributed by atoms with Crippen LogP contribution in [0.1, 0.15) is 55.8 Å². The minimum Gasteiger partial charge on any atom is -0.452 e. The molecule has 4 bridgehead atoms. The summed E-state index contributed by atoms with van der Waals surface area (Å²) in [4.78, 5) is 24.2. The highest BCUT2D eigenvalue weighted by Crippen LogP contribution is 2.61. The molecule has 0 aliphatic heterocycles. The molecule has 0 saturated heterocycles. The monoisotopic (exact) mass is 341 g/mol. The Morgan fingerprint density at radius 3 is 2.20 bits per heavy atom. The predicted molar refractivity (Wildman–Crippen MR) is 94.9 cm³/mol. The summed E-state index contributed by atoms with van der Waals surface area (Å²) in [6.45, 7) is 1.94. The van der Waals surface area contributed by atoms with Gasteiger partial charge in [0.05, 0.1) is 5.56 Å². The molecule has 1 amide bonds. The summed E-state index contributed by atoms with van der Waals surface area (Å²) in [5.41, 5.74) is 0.748. The Labute approximate surface area is 149 Å². The van der Waals surface area contributed by atoms with Crippen molar-refractivity contribution in [1.82, 2.24) is 5.32 Å². The molecule has 4 aliphatic carbocycles. The summed E-state index contributed by atoms with van der Waals surface area (Å²) in [7, 11) is 0. The standard InChI is InChI=1S/C21H27NO3/c1-14(21-10-15-7-16(11-21)9-17(8-15)12-21)22-19(23)13-25-20(24)18-5-3-2-4-6-18/h2-6,14-17H,7-13H2,1H3,(H,22,23). The van der Waals surface area contributed by atoms with Gasteiger partial charge in [0, 0.05) is 6.04 Å². The van der Waals surface area contributed by atoms with Gasteiger partial charge in [0.15, 0.2) is 6.61 Å².